The Labute approximate surface area is 85.8 Å². The van der Waals surface area contributed by atoms with Crippen molar-refractivity contribution in [1.82, 2.24) is 10.2 Å². The molecular formula is C11H20N2O. The van der Waals surface area contributed by atoms with Crippen molar-refractivity contribution in [3.05, 3.63) is 0 Å². The van der Waals surface area contributed by atoms with Gasteiger partial charge < -0.3 is 10.2 Å². The van der Waals surface area contributed by atoms with Gasteiger partial charge in [0.1, 0.15) is 0 Å². The largest absolute Gasteiger partial charge is 0.342 e. The molecule has 2 rings (SSSR count). The molecule has 2 saturated heterocycles. The van der Waals surface area contributed by atoms with E-state index in [0.29, 0.717) is 23.9 Å². The molecule has 1 amide bonds. The number of piperidine rings is 1. The molecule has 0 spiro atoms. The first-order valence-corrected chi connectivity index (χ1v) is 5.61. The van der Waals surface area contributed by atoms with E-state index in [4.69, 9.17) is 0 Å². The number of hydrogen-bond acceptors (Lipinski definition) is 2. The Balaban J connectivity index is 2.15. The van der Waals surface area contributed by atoms with Gasteiger partial charge in [-0.3, -0.25) is 4.79 Å². The Kier molecular flexibility index (Phi) is 2.52. The molecule has 1 N–H and O–H groups in total. The maximum Gasteiger partial charge on any atom is 0.227 e. The van der Waals surface area contributed by atoms with Crippen LogP contribution in [0.25, 0.3) is 0 Å². The summed E-state index contributed by atoms with van der Waals surface area (Å²) in [5, 5.41) is 3.45. The van der Waals surface area contributed by atoms with Crippen LogP contribution >= 0.6 is 0 Å². The number of nitrogens with one attached hydrogen (secondary N) is 1. The van der Waals surface area contributed by atoms with Crippen LogP contribution in [0, 0.1) is 11.8 Å². The molecule has 0 aromatic rings. The fourth-order valence-corrected chi connectivity index (χ4v) is 2.87. The number of nitrogens with zero attached hydrogens (tertiary/aromatic N) is 1. The maximum atomic E-state index is 12.0. The van der Waals surface area contributed by atoms with Gasteiger partial charge in [0.15, 0.2) is 0 Å². The van der Waals surface area contributed by atoms with Gasteiger partial charge in [-0.25, -0.2) is 0 Å². The zero-order valence-electron chi connectivity index (χ0n) is 9.29. The molecule has 2 aliphatic heterocycles. The summed E-state index contributed by atoms with van der Waals surface area (Å²) in [6.45, 7) is 5.41. The average Bonchev–Trinajstić information content (AvgIpc) is 2.58. The fourth-order valence-electron chi connectivity index (χ4n) is 2.87. The lowest BCUT2D eigenvalue weighted by Gasteiger charge is -2.41. The Morgan fingerprint density at radius 3 is 2.86 bits per heavy atom. The van der Waals surface area contributed by atoms with Gasteiger partial charge in [-0.2, -0.15) is 0 Å². The van der Waals surface area contributed by atoms with Crippen molar-refractivity contribution < 1.29 is 4.79 Å². The lowest BCUT2D eigenvalue weighted by atomic mass is 9.84. The zero-order valence-corrected chi connectivity index (χ0v) is 9.29. The molecule has 2 fully saturated rings. The molecule has 0 aromatic heterocycles. The summed E-state index contributed by atoms with van der Waals surface area (Å²) in [6, 6.07) is 0.875. The van der Waals surface area contributed by atoms with Crippen molar-refractivity contribution in [2.45, 2.75) is 38.8 Å². The molecule has 2 aliphatic rings. The summed E-state index contributed by atoms with van der Waals surface area (Å²) in [5.41, 5.74) is 0. The van der Waals surface area contributed by atoms with E-state index in [9.17, 15) is 4.79 Å². The minimum atomic E-state index is 0.259. The van der Waals surface area contributed by atoms with Crippen LogP contribution in [0.15, 0.2) is 0 Å². The molecule has 0 aliphatic carbocycles. The highest BCUT2D eigenvalue weighted by molar-refractivity contribution is 5.81. The quantitative estimate of drug-likeness (QED) is 0.674. The van der Waals surface area contributed by atoms with E-state index in [1.54, 1.807) is 0 Å². The SMILES string of the molecule is CC(C)C1CC2NCCC2C(=O)N1C. The Hall–Kier alpha value is -0.570. The zero-order chi connectivity index (χ0) is 10.3. The minimum absolute atomic E-state index is 0.259. The van der Waals surface area contributed by atoms with Crippen molar-refractivity contribution in [1.29, 1.82) is 0 Å². The number of hydrogen-bond donors (Lipinski definition) is 1. The first-order valence-electron chi connectivity index (χ1n) is 5.61. The molecule has 0 saturated carbocycles. The Morgan fingerprint density at radius 2 is 2.21 bits per heavy atom. The first kappa shape index (κ1) is 9.97. The van der Waals surface area contributed by atoms with E-state index < -0.39 is 0 Å². The Bertz CT molecular complexity index is 239. The van der Waals surface area contributed by atoms with Crippen LogP contribution in [-0.4, -0.2) is 36.5 Å². The van der Waals surface area contributed by atoms with Gasteiger partial charge >= 0.3 is 0 Å². The highest BCUT2D eigenvalue weighted by Crippen LogP contribution is 2.31. The Morgan fingerprint density at radius 1 is 1.50 bits per heavy atom. The molecule has 3 unspecified atom stereocenters. The predicted octanol–water partition coefficient (Wildman–Crippen LogP) is 0.851. The van der Waals surface area contributed by atoms with Gasteiger partial charge in [0.25, 0.3) is 0 Å². The number of fused-ring (bicyclic) bond motifs is 1. The van der Waals surface area contributed by atoms with Crippen molar-refractivity contribution in [2.75, 3.05) is 13.6 Å². The molecule has 0 radical (unpaired) electrons. The number of carbonyl (C=O) groups excluding carboxylic acids is 1. The lowest BCUT2D eigenvalue weighted by molar-refractivity contribution is -0.141. The maximum absolute atomic E-state index is 12.0. The van der Waals surface area contributed by atoms with E-state index in [1.165, 1.54) is 0 Å². The van der Waals surface area contributed by atoms with E-state index in [-0.39, 0.29) is 5.92 Å². The number of carbonyl (C=O) groups is 1. The third kappa shape index (κ3) is 1.44. The highest BCUT2D eigenvalue weighted by atomic mass is 16.2. The normalized spacial score (nSPS) is 37.9. The van der Waals surface area contributed by atoms with Crippen LogP contribution in [0.4, 0.5) is 0 Å². The number of likely N-dealkylation sites (tertiary alicyclic amines) is 1. The van der Waals surface area contributed by atoms with Crippen molar-refractivity contribution in [2.24, 2.45) is 11.8 Å². The van der Waals surface area contributed by atoms with Gasteiger partial charge in [0.2, 0.25) is 5.91 Å². The summed E-state index contributed by atoms with van der Waals surface area (Å²) >= 11 is 0. The molecule has 3 atom stereocenters. The molecule has 3 heteroatoms. The van der Waals surface area contributed by atoms with E-state index in [2.05, 4.69) is 19.2 Å². The van der Waals surface area contributed by atoms with Gasteiger partial charge in [-0.15, -0.1) is 0 Å². The summed E-state index contributed by atoms with van der Waals surface area (Å²) in [4.78, 5) is 14.0. The van der Waals surface area contributed by atoms with Crippen LogP contribution in [-0.2, 0) is 4.79 Å². The number of rotatable bonds is 1. The van der Waals surface area contributed by atoms with Crippen LogP contribution < -0.4 is 5.32 Å². The molecule has 3 nitrogen and oxygen atoms in total. The van der Waals surface area contributed by atoms with Crippen LogP contribution in [0.5, 0.6) is 0 Å². The average molecular weight is 196 g/mol. The second-order valence-corrected chi connectivity index (χ2v) is 4.95. The third-order valence-corrected chi connectivity index (χ3v) is 3.77. The summed E-state index contributed by atoms with van der Waals surface area (Å²) in [6.07, 6.45) is 2.16. The second-order valence-electron chi connectivity index (χ2n) is 4.95. The van der Waals surface area contributed by atoms with Crippen LogP contribution in [0.3, 0.4) is 0 Å². The standard InChI is InChI=1S/C11H20N2O/c1-7(2)10-6-9-8(4-5-12-9)11(14)13(10)3/h7-10,12H,4-6H2,1-3H3. The molecule has 2 heterocycles. The van der Waals surface area contributed by atoms with E-state index >= 15 is 0 Å². The van der Waals surface area contributed by atoms with E-state index in [0.717, 1.165) is 19.4 Å². The monoisotopic (exact) mass is 196 g/mol. The highest BCUT2D eigenvalue weighted by Gasteiger charge is 2.43. The molecule has 0 bridgehead atoms. The topological polar surface area (TPSA) is 32.3 Å². The number of amides is 1. The van der Waals surface area contributed by atoms with Crippen molar-refractivity contribution in [3.63, 3.8) is 0 Å². The van der Waals surface area contributed by atoms with Gasteiger partial charge in [0.05, 0.1) is 5.92 Å². The minimum Gasteiger partial charge on any atom is -0.342 e. The lowest BCUT2D eigenvalue weighted by Crippen LogP contribution is -2.54. The van der Waals surface area contributed by atoms with Gasteiger partial charge in [0, 0.05) is 19.1 Å². The molecule has 14 heavy (non-hydrogen) atoms. The second kappa shape index (κ2) is 3.54. The van der Waals surface area contributed by atoms with Gasteiger partial charge in [-0.05, 0) is 25.3 Å². The molecular weight excluding hydrogens is 176 g/mol. The van der Waals surface area contributed by atoms with Gasteiger partial charge in [-0.1, -0.05) is 13.8 Å². The van der Waals surface area contributed by atoms with Crippen molar-refractivity contribution >= 4 is 5.91 Å². The smallest absolute Gasteiger partial charge is 0.227 e. The van der Waals surface area contributed by atoms with Crippen molar-refractivity contribution in [3.8, 4) is 0 Å². The van der Waals surface area contributed by atoms with Crippen LogP contribution in [0.1, 0.15) is 26.7 Å². The summed E-state index contributed by atoms with van der Waals surface area (Å²) in [5.74, 6) is 1.17. The summed E-state index contributed by atoms with van der Waals surface area (Å²) < 4.78 is 0. The summed E-state index contributed by atoms with van der Waals surface area (Å²) in [7, 11) is 1.96. The predicted molar refractivity (Wildman–Crippen MR) is 55.9 cm³/mol. The van der Waals surface area contributed by atoms with Crippen LogP contribution in [0.2, 0.25) is 0 Å². The first-order chi connectivity index (χ1) is 6.61. The van der Waals surface area contributed by atoms with E-state index in [1.807, 2.05) is 11.9 Å². The molecule has 80 valence electrons. The molecule has 0 aromatic carbocycles. The third-order valence-electron chi connectivity index (χ3n) is 3.77. The fraction of sp³-hybridized carbons (Fsp3) is 0.909.